The van der Waals surface area contributed by atoms with Gasteiger partial charge in [-0.3, -0.25) is 4.79 Å². The summed E-state index contributed by atoms with van der Waals surface area (Å²) in [6.07, 6.45) is 1.06. The van der Waals surface area contributed by atoms with Crippen LogP contribution in [0.1, 0.15) is 6.42 Å². The van der Waals surface area contributed by atoms with E-state index < -0.39 is 12.0 Å². The van der Waals surface area contributed by atoms with Crippen LogP contribution in [0.4, 0.5) is 0 Å². The van der Waals surface area contributed by atoms with Crippen molar-refractivity contribution < 1.29 is 9.90 Å². The second-order valence-electron chi connectivity index (χ2n) is 4.10. The van der Waals surface area contributed by atoms with Crippen LogP contribution < -0.4 is 5.32 Å². The standard InChI is InChI=1S/C10H23N3O2/c1-11-9(10(14)15)8-13(4)7-5-6-12(2)3/h9,11H,5-8H2,1-4H3,(H,14,15). The van der Waals surface area contributed by atoms with Crippen LogP contribution in [0.25, 0.3) is 0 Å². The Morgan fingerprint density at radius 3 is 2.33 bits per heavy atom. The van der Waals surface area contributed by atoms with Crippen molar-refractivity contribution in [3.63, 3.8) is 0 Å². The fourth-order valence-corrected chi connectivity index (χ4v) is 1.35. The Morgan fingerprint density at radius 2 is 1.93 bits per heavy atom. The van der Waals surface area contributed by atoms with Crippen molar-refractivity contribution >= 4 is 5.97 Å². The smallest absolute Gasteiger partial charge is 0.322 e. The number of nitrogens with zero attached hydrogens (tertiary/aromatic N) is 2. The van der Waals surface area contributed by atoms with Gasteiger partial charge in [-0.1, -0.05) is 0 Å². The third-order valence-electron chi connectivity index (χ3n) is 2.29. The van der Waals surface area contributed by atoms with Gasteiger partial charge in [-0.05, 0) is 47.7 Å². The van der Waals surface area contributed by atoms with Gasteiger partial charge in [-0.15, -0.1) is 0 Å². The molecule has 0 rings (SSSR count). The molecule has 0 aromatic rings. The van der Waals surface area contributed by atoms with Crippen molar-refractivity contribution in [1.82, 2.24) is 15.1 Å². The number of carbonyl (C=O) groups is 1. The minimum absolute atomic E-state index is 0.477. The summed E-state index contributed by atoms with van der Waals surface area (Å²) in [6, 6.07) is -0.477. The lowest BCUT2D eigenvalue weighted by Gasteiger charge is -2.21. The summed E-state index contributed by atoms with van der Waals surface area (Å²) < 4.78 is 0. The number of aliphatic carboxylic acids is 1. The number of nitrogens with one attached hydrogen (secondary N) is 1. The molecule has 1 unspecified atom stereocenters. The molecular weight excluding hydrogens is 194 g/mol. The Morgan fingerprint density at radius 1 is 1.33 bits per heavy atom. The molecule has 5 nitrogen and oxygen atoms in total. The molecular formula is C10H23N3O2. The van der Waals surface area contributed by atoms with Crippen LogP contribution in [0.15, 0.2) is 0 Å². The van der Waals surface area contributed by atoms with E-state index in [2.05, 4.69) is 10.2 Å². The van der Waals surface area contributed by atoms with Crippen LogP contribution in [0.3, 0.4) is 0 Å². The number of carboxylic acids is 1. The predicted octanol–water partition coefficient (Wildman–Crippen LogP) is -0.457. The first-order chi connectivity index (χ1) is 6.97. The zero-order valence-corrected chi connectivity index (χ0v) is 10.2. The Bertz CT molecular complexity index is 186. The van der Waals surface area contributed by atoms with Gasteiger partial charge in [0.15, 0.2) is 0 Å². The fourth-order valence-electron chi connectivity index (χ4n) is 1.35. The van der Waals surface area contributed by atoms with E-state index in [0.29, 0.717) is 6.54 Å². The largest absolute Gasteiger partial charge is 0.480 e. The monoisotopic (exact) mass is 217 g/mol. The van der Waals surface area contributed by atoms with Gasteiger partial charge in [-0.2, -0.15) is 0 Å². The van der Waals surface area contributed by atoms with Crippen molar-refractivity contribution in [3.05, 3.63) is 0 Å². The Balaban J connectivity index is 3.71. The number of carboxylic acid groups (broad SMARTS) is 1. The maximum atomic E-state index is 10.8. The molecule has 0 fully saturated rings. The third-order valence-corrected chi connectivity index (χ3v) is 2.29. The molecule has 0 spiro atoms. The SMILES string of the molecule is CNC(CN(C)CCCN(C)C)C(=O)O. The lowest BCUT2D eigenvalue weighted by atomic mass is 10.2. The molecule has 0 aromatic heterocycles. The molecule has 0 aliphatic heterocycles. The van der Waals surface area contributed by atoms with E-state index >= 15 is 0 Å². The highest BCUT2D eigenvalue weighted by molar-refractivity contribution is 5.73. The van der Waals surface area contributed by atoms with E-state index in [4.69, 9.17) is 5.11 Å². The van der Waals surface area contributed by atoms with Crippen molar-refractivity contribution in [3.8, 4) is 0 Å². The fraction of sp³-hybridized carbons (Fsp3) is 0.900. The maximum Gasteiger partial charge on any atom is 0.322 e. The minimum atomic E-state index is -0.794. The molecule has 2 N–H and O–H groups in total. The van der Waals surface area contributed by atoms with E-state index in [1.54, 1.807) is 7.05 Å². The highest BCUT2D eigenvalue weighted by Crippen LogP contribution is 1.93. The van der Waals surface area contributed by atoms with E-state index in [1.165, 1.54) is 0 Å². The van der Waals surface area contributed by atoms with Gasteiger partial charge in [0, 0.05) is 6.54 Å². The summed E-state index contributed by atoms with van der Waals surface area (Å²) in [5.74, 6) is -0.794. The van der Waals surface area contributed by atoms with E-state index in [9.17, 15) is 4.79 Å². The summed E-state index contributed by atoms with van der Waals surface area (Å²) in [5, 5.41) is 11.6. The average molecular weight is 217 g/mol. The van der Waals surface area contributed by atoms with Crippen LogP contribution in [0.5, 0.6) is 0 Å². The molecule has 15 heavy (non-hydrogen) atoms. The summed E-state index contributed by atoms with van der Waals surface area (Å²) in [4.78, 5) is 14.9. The highest BCUT2D eigenvalue weighted by atomic mass is 16.4. The molecule has 5 heteroatoms. The molecule has 90 valence electrons. The quantitative estimate of drug-likeness (QED) is 0.576. The molecule has 0 bridgehead atoms. The Hall–Kier alpha value is -0.650. The molecule has 0 aromatic carbocycles. The second-order valence-corrected chi connectivity index (χ2v) is 4.10. The first kappa shape index (κ1) is 14.3. The maximum absolute atomic E-state index is 10.8. The summed E-state index contributed by atoms with van der Waals surface area (Å²) in [5.41, 5.74) is 0. The zero-order chi connectivity index (χ0) is 11.8. The van der Waals surface area contributed by atoms with Gasteiger partial charge in [0.1, 0.15) is 6.04 Å². The summed E-state index contributed by atoms with van der Waals surface area (Å²) in [7, 11) is 7.69. The van der Waals surface area contributed by atoms with Crippen molar-refractivity contribution in [2.45, 2.75) is 12.5 Å². The lowest BCUT2D eigenvalue weighted by Crippen LogP contribution is -2.43. The van der Waals surface area contributed by atoms with Crippen LogP contribution in [-0.4, -0.2) is 74.7 Å². The number of rotatable bonds is 8. The number of hydrogen-bond donors (Lipinski definition) is 2. The molecule has 0 saturated heterocycles. The highest BCUT2D eigenvalue weighted by Gasteiger charge is 2.16. The van der Waals surface area contributed by atoms with Crippen molar-refractivity contribution in [2.75, 3.05) is 47.8 Å². The van der Waals surface area contributed by atoms with Crippen molar-refractivity contribution in [1.29, 1.82) is 0 Å². The molecule has 0 aliphatic rings. The van der Waals surface area contributed by atoms with E-state index in [1.807, 2.05) is 26.0 Å². The van der Waals surface area contributed by atoms with Gasteiger partial charge in [0.05, 0.1) is 0 Å². The number of hydrogen-bond acceptors (Lipinski definition) is 4. The molecule has 0 heterocycles. The summed E-state index contributed by atoms with van der Waals surface area (Å²) >= 11 is 0. The van der Waals surface area contributed by atoms with Gasteiger partial charge in [0.25, 0.3) is 0 Å². The van der Waals surface area contributed by atoms with Gasteiger partial charge < -0.3 is 20.2 Å². The zero-order valence-electron chi connectivity index (χ0n) is 10.2. The molecule has 0 amide bonds. The summed E-state index contributed by atoms with van der Waals surface area (Å²) in [6.45, 7) is 2.49. The second kappa shape index (κ2) is 7.62. The van der Waals surface area contributed by atoms with Gasteiger partial charge in [0.2, 0.25) is 0 Å². The number of likely N-dealkylation sites (N-methyl/N-ethyl adjacent to an activating group) is 2. The van der Waals surface area contributed by atoms with Crippen LogP contribution in [0, 0.1) is 0 Å². The first-order valence-electron chi connectivity index (χ1n) is 5.20. The topological polar surface area (TPSA) is 55.8 Å². The van der Waals surface area contributed by atoms with E-state index in [-0.39, 0.29) is 0 Å². The first-order valence-corrected chi connectivity index (χ1v) is 5.20. The van der Waals surface area contributed by atoms with Gasteiger partial charge in [-0.25, -0.2) is 0 Å². The van der Waals surface area contributed by atoms with Crippen LogP contribution in [-0.2, 0) is 4.79 Å². The molecule has 0 aliphatic carbocycles. The minimum Gasteiger partial charge on any atom is -0.480 e. The van der Waals surface area contributed by atoms with Gasteiger partial charge >= 0.3 is 5.97 Å². The normalized spacial score (nSPS) is 13.5. The van der Waals surface area contributed by atoms with Crippen LogP contribution in [0.2, 0.25) is 0 Å². The molecule has 1 atom stereocenters. The lowest BCUT2D eigenvalue weighted by molar-refractivity contribution is -0.139. The molecule has 0 radical (unpaired) electrons. The Labute approximate surface area is 92.0 Å². The molecule has 0 saturated carbocycles. The third kappa shape index (κ3) is 7.30. The Kier molecular flexibility index (Phi) is 7.29. The predicted molar refractivity (Wildman–Crippen MR) is 61.2 cm³/mol. The van der Waals surface area contributed by atoms with Crippen LogP contribution >= 0.6 is 0 Å². The average Bonchev–Trinajstić information content (AvgIpc) is 2.13. The van der Waals surface area contributed by atoms with Crippen molar-refractivity contribution in [2.24, 2.45) is 0 Å². The van der Waals surface area contributed by atoms with E-state index in [0.717, 1.165) is 19.5 Å².